The molecular formula is C14H24N4. The Hall–Kier alpha value is -1.32. The van der Waals surface area contributed by atoms with Gasteiger partial charge in [-0.1, -0.05) is 20.8 Å². The topological polar surface area (TPSA) is 41.1 Å². The molecule has 4 heteroatoms. The second-order valence-electron chi connectivity index (χ2n) is 5.47. The van der Waals surface area contributed by atoms with Crippen molar-refractivity contribution in [2.75, 3.05) is 23.3 Å². The van der Waals surface area contributed by atoms with Crippen LogP contribution in [0.3, 0.4) is 0 Å². The molecule has 18 heavy (non-hydrogen) atoms. The van der Waals surface area contributed by atoms with Crippen LogP contribution in [0.15, 0.2) is 12.4 Å². The Balaban J connectivity index is 2.08. The molecule has 1 aromatic rings. The summed E-state index contributed by atoms with van der Waals surface area (Å²) < 4.78 is 0. The summed E-state index contributed by atoms with van der Waals surface area (Å²) in [5, 5.41) is 3.30. The quantitative estimate of drug-likeness (QED) is 0.805. The molecule has 100 valence electrons. The van der Waals surface area contributed by atoms with Gasteiger partial charge in [0, 0.05) is 19.1 Å². The number of hydrogen-bond donors (Lipinski definition) is 1. The van der Waals surface area contributed by atoms with Crippen LogP contribution in [0.4, 0.5) is 11.6 Å². The van der Waals surface area contributed by atoms with Crippen LogP contribution in [0.25, 0.3) is 0 Å². The van der Waals surface area contributed by atoms with Crippen LogP contribution in [0.1, 0.15) is 40.0 Å². The van der Waals surface area contributed by atoms with Crippen molar-refractivity contribution in [3.8, 4) is 0 Å². The van der Waals surface area contributed by atoms with Gasteiger partial charge in [0.1, 0.15) is 11.6 Å². The van der Waals surface area contributed by atoms with E-state index in [2.05, 4.69) is 41.0 Å². The summed E-state index contributed by atoms with van der Waals surface area (Å²) in [6, 6.07) is 0.683. The molecule has 0 amide bonds. The molecule has 1 aromatic heterocycles. The van der Waals surface area contributed by atoms with Gasteiger partial charge in [0.15, 0.2) is 0 Å². The largest absolute Gasteiger partial charge is 0.369 e. The van der Waals surface area contributed by atoms with E-state index in [1.165, 1.54) is 12.8 Å². The lowest BCUT2D eigenvalue weighted by atomic mass is 10.2. The van der Waals surface area contributed by atoms with Crippen LogP contribution >= 0.6 is 0 Å². The Morgan fingerprint density at radius 1 is 1.39 bits per heavy atom. The molecule has 0 radical (unpaired) electrons. The van der Waals surface area contributed by atoms with Gasteiger partial charge in [-0.25, -0.2) is 4.98 Å². The predicted octanol–water partition coefficient (Wildman–Crippen LogP) is 2.92. The number of anilines is 2. The third kappa shape index (κ3) is 3.59. The molecule has 0 spiro atoms. The maximum absolute atomic E-state index is 4.68. The second kappa shape index (κ2) is 6.03. The predicted molar refractivity (Wildman–Crippen MR) is 76.0 cm³/mol. The lowest BCUT2D eigenvalue weighted by Crippen LogP contribution is -2.30. The van der Waals surface area contributed by atoms with E-state index >= 15 is 0 Å². The van der Waals surface area contributed by atoms with Crippen molar-refractivity contribution >= 4 is 11.6 Å². The Labute approximate surface area is 110 Å². The Kier molecular flexibility index (Phi) is 4.39. The van der Waals surface area contributed by atoms with E-state index in [9.17, 15) is 0 Å². The SMILES string of the molecule is CCCNc1cncc(N(CC(C)C)C2CC2)n1. The first-order valence-electron chi connectivity index (χ1n) is 7.03. The van der Waals surface area contributed by atoms with Crippen molar-refractivity contribution in [3.05, 3.63) is 12.4 Å². The lowest BCUT2D eigenvalue weighted by Gasteiger charge is -2.25. The van der Waals surface area contributed by atoms with Gasteiger partial charge in [-0.2, -0.15) is 0 Å². The third-order valence-corrected chi connectivity index (χ3v) is 3.02. The Morgan fingerprint density at radius 3 is 2.78 bits per heavy atom. The maximum atomic E-state index is 4.68. The van der Waals surface area contributed by atoms with Gasteiger partial charge in [0.05, 0.1) is 12.4 Å². The fourth-order valence-corrected chi connectivity index (χ4v) is 2.04. The number of hydrogen-bond acceptors (Lipinski definition) is 4. The van der Waals surface area contributed by atoms with E-state index in [1.807, 2.05) is 6.20 Å². The zero-order chi connectivity index (χ0) is 13.0. The van der Waals surface area contributed by atoms with Crippen LogP contribution in [-0.4, -0.2) is 29.1 Å². The molecule has 0 atom stereocenters. The smallest absolute Gasteiger partial charge is 0.149 e. The Morgan fingerprint density at radius 2 is 2.17 bits per heavy atom. The lowest BCUT2D eigenvalue weighted by molar-refractivity contribution is 0.602. The molecule has 0 aromatic carbocycles. The van der Waals surface area contributed by atoms with E-state index < -0.39 is 0 Å². The molecular weight excluding hydrogens is 224 g/mol. The standard InChI is InChI=1S/C14H24N4/c1-4-7-16-13-8-15-9-14(17-13)18(10-11(2)3)12-5-6-12/h8-9,11-12H,4-7,10H2,1-3H3,(H,16,17). The molecule has 1 saturated carbocycles. The van der Waals surface area contributed by atoms with Crippen molar-refractivity contribution in [1.82, 2.24) is 9.97 Å². The fraction of sp³-hybridized carbons (Fsp3) is 0.714. The molecule has 4 nitrogen and oxygen atoms in total. The molecule has 0 aliphatic heterocycles. The van der Waals surface area contributed by atoms with E-state index in [4.69, 9.17) is 0 Å². The van der Waals surface area contributed by atoms with Crippen molar-refractivity contribution in [2.45, 2.75) is 46.1 Å². The molecule has 1 aliphatic carbocycles. The monoisotopic (exact) mass is 248 g/mol. The molecule has 1 fully saturated rings. The number of aromatic nitrogens is 2. The summed E-state index contributed by atoms with van der Waals surface area (Å²) in [7, 11) is 0. The molecule has 2 rings (SSSR count). The molecule has 1 N–H and O–H groups in total. The highest BCUT2D eigenvalue weighted by Crippen LogP contribution is 2.31. The Bertz CT molecular complexity index is 374. The minimum atomic E-state index is 0.652. The first-order valence-corrected chi connectivity index (χ1v) is 7.03. The molecule has 0 bridgehead atoms. The summed E-state index contributed by atoms with van der Waals surface area (Å²) in [4.78, 5) is 11.4. The normalized spacial score (nSPS) is 14.9. The van der Waals surface area contributed by atoms with Gasteiger partial charge in [0.2, 0.25) is 0 Å². The zero-order valence-electron chi connectivity index (χ0n) is 11.7. The van der Waals surface area contributed by atoms with Gasteiger partial charge in [0.25, 0.3) is 0 Å². The first kappa shape index (κ1) is 13.1. The summed E-state index contributed by atoms with van der Waals surface area (Å²) in [6.45, 7) is 8.67. The summed E-state index contributed by atoms with van der Waals surface area (Å²) in [5.41, 5.74) is 0. The third-order valence-electron chi connectivity index (χ3n) is 3.02. The second-order valence-corrected chi connectivity index (χ2v) is 5.47. The highest BCUT2D eigenvalue weighted by molar-refractivity contribution is 5.45. The van der Waals surface area contributed by atoms with E-state index in [0.29, 0.717) is 12.0 Å². The van der Waals surface area contributed by atoms with Gasteiger partial charge in [-0.05, 0) is 25.2 Å². The molecule has 0 saturated heterocycles. The van der Waals surface area contributed by atoms with E-state index in [0.717, 1.165) is 31.1 Å². The molecule has 1 aliphatic rings. The maximum Gasteiger partial charge on any atom is 0.149 e. The fourth-order valence-electron chi connectivity index (χ4n) is 2.04. The van der Waals surface area contributed by atoms with Crippen LogP contribution < -0.4 is 10.2 Å². The average Bonchev–Trinajstić information content (AvgIpc) is 3.18. The average molecular weight is 248 g/mol. The zero-order valence-corrected chi connectivity index (χ0v) is 11.7. The minimum absolute atomic E-state index is 0.652. The molecule has 0 unspecified atom stereocenters. The number of nitrogens with one attached hydrogen (secondary N) is 1. The highest BCUT2D eigenvalue weighted by Gasteiger charge is 2.30. The van der Waals surface area contributed by atoms with Crippen LogP contribution in [0.2, 0.25) is 0 Å². The molecule has 1 heterocycles. The van der Waals surface area contributed by atoms with Crippen molar-refractivity contribution in [2.24, 2.45) is 5.92 Å². The van der Waals surface area contributed by atoms with E-state index in [-0.39, 0.29) is 0 Å². The first-order chi connectivity index (χ1) is 8.70. The van der Waals surface area contributed by atoms with Gasteiger partial charge in [-0.15, -0.1) is 0 Å². The van der Waals surface area contributed by atoms with Crippen LogP contribution in [-0.2, 0) is 0 Å². The van der Waals surface area contributed by atoms with Crippen molar-refractivity contribution in [1.29, 1.82) is 0 Å². The van der Waals surface area contributed by atoms with Gasteiger partial charge in [-0.3, -0.25) is 4.98 Å². The van der Waals surface area contributed by atoms with Crippen molar-refractivity contribution < 1.29 is 0 Å². The number of rotatable bonds is 7. The minimum Gasteiger partial charge on any atom is -0.369 e. The summed E-state index contributed by atoms with van der Waals surface area (Å²) in [5.74, 6) is 2.57. The van der Waals surface area contributed by atoms with Crippen molar-refractivity contribution in [3.63, 3.8) is 0 Å². The number of nitrogens with zero attached hydrogens (tertiary/aromatic N) is 3. The summed E-state index contributed by atoms with van der Waals surface area (Å²) >= 11 is 0. The van der Waals surface area contributed by atoms with Crippen LogP contribution in [0.5, 0.6) is 0 Å². The van der Waals surface area contributed by atoms with E-state index in [1.54, 1.807) is 6.20 Å². The van der Waals surface area contributed by atoms with Gasteiger partial charge < -0.3 is 10.2 Å². The summed E-state index contributed by atoms with van der Waals surface area (Å²) in [6.07, 6.45) is 7.38. The van der Waals surface area contributed by atoms with Gasteiger partial charge >= 0.3 is 0 Å². The van der Waals surface area contributed by atoms with Crippen LogP contribution in [0, 0.1) is 5.92 Å². The highest BCUT2D eigenvalue weighted by atomic mass is 15.3.